The van der Waals surface area contributed by atoms with E-state index in [0.29, 0.717) is 6.61 Å². The van der Waals surface area contributed by atoms with E-state index in [1.54, 1.807) is 0 Å². The first kappa shape index (κ1) is 16.9. The molecule has 0 radical (unpaired) electrons. The zero-order valence-corrected chi connectivity index (χ0v) is 12.2. The number of carbonyl (C=O) groups excluding carboxylic acids is 2. The number of hydrogen-bond acceptors (Lipinski definition) is 4. The van der Waals surface area contributed by atoms with Crippen molar-refractivity contribution in [3.05, 3.63) is 0 Å². The number of esters is 2. The molecule has 0 saturated heterocycles. The van der Waals surface area contributed by atoms with Gasteiger partial charge in [0, 0.05) is 12.8 Å². The third-order valence-electron chi connectivity index (χ3n) is 2.21. The molecular weight excluding hydrogens is 232 g/mol. The average molecular weight is 258 g/mol. The van der Waals surface area contributed by atoms with E-state index in [0.717, 1.165) is 12.8 Å². The van der Waals surface area contributed by atoms with Crippen LogP contribution >= 0.6 is 0 Å². The molecule has 0 aliphatic carbocycles. The van der Waals surface area contributed by atoms with Crippen molar-refractivity contribution < 1.29 is 19.1 Å². The molecule has 0 amide bonds. The second-order valence-corrected chi connectivity index (χ2v) is 5.67. The molecule has 0 aliphatic heterocycles. The van der Waals surface area contributed by atoms with Crippen LogP contribution in [0.4, 0.5) is 0 Å². The minimum absolute atomic E-state index is 0.0472. The van der Waals surface area contributed by atoms with E-state index in [1.165, 1.54) is 0 Å². The van der Waals surface area contributed by atoms with Gasteiger partial charge in [-0.05, 0) is 33.1 Å². The molecule has 0 fully saturated rings. The van der Waals surface area contributed by atoms with E-state index in [4.69, 9.17) is 9.47 Å². The second kappa shape index (κ2) is 8.11. The number of ether oxygens (including phenoxy) is 2. The molecule has 4 heteroatoms. The van der Waals surface area contributed by atoms with Gasteiger partial charge in [0.15, 0.2) is 0 Å². The summed E-state index contributed by atoms with van der Waals surface area (Å²) >= 11 is 0. The smallest absolute Gasteiger partial charge is 0.306 e. The van der Waals surface area contributed by atoms with Crippen LogP contribution in [-0.4, -0.2) is 24.1 Å². The molecule has 0 N–H and O–H groups in total. The summed E-state index contributed by atoms with van der Waals surface area (Å²) in [5.41, 5.74) is -0.474. The van der Waals surface area contributed by atoms with Crippen molar-refractivity contribution in [2.45, 2.75) is 65.9 Å². The summed E-state index contributed by atoms with van der Waals surface area (Å²) in [5.74, 6) is -0.551. The Balaban J connectivity index is 3.85. The van der Waals surface area contributed by atoms with Gasteiger partial charge in [-0.15, -0.1) is 0 Å². The van der Waals surface area contributed by atoms with Crippen LogP contribution in [0.2, 0.25) is 0 Å². The van der Waals surface area contributed by atoms with Crippen molar-refractivity contribution in [3.63, 3.8) is 0 Å². The van der Waals surface area contributed by atoms with Crippen LogP contribution in [0.3, 0.4) is 0 Å². The summed E-state index contributed by atoms with van der Waals surface area (Å²) in [6.07, 6.45) is 2.40. The van der Waals surface area contributed by atoms with Gasteiger partial charge in [0.25, 0.3) is 0 Å². The maximum absolute atomic E-state index is 11.5. The minimum Gasteiger partial charge on any atom is -0.466 e. The second-order valence-electron chi connectivity index (χ2n) is 5.67. The predicted octanol–water partition coefficient (Wildman–Crippen LogP) is 3.09. The molecule has 0 saturated carbocycles. The van der Waals surface area contributed by atoms with Crippen LogP contribution in [-0.2, 0) is 19.1 Å². The Morgan fingerprint density at radius 3 is 2.17 bits per heavy atom. The quantitative estimate of drug-likeness (QED) is 0.520. The van der Waals surface area contributed by atoms with Gasteiger partial charge < -0.3 is 9.47 Å². The zero-order valence-electron chi connectivity index (χ0n) is 12.2. The van der Waals surface area contributed by atoms with Gasteiger partial charge in [-0.1, -0.05) is 20.3 Å². The van der Waals surface area contributed by atoms with E-state index < -0.39 is 5.60 Å². The normalized spacial score (nSPS) is 12.9. The van der Waals surface area contributed by atoms with Gasteiger partial charge in [0.05, 0.1) is 6.61 Å². The Hall–Kier alpha value is -1.06. The molecule has 1 unspecified atom stereocenters. The molecule has 0 aromatic rings. The highest BCUT2D eigenvalue weighted by Gasteiger charge is 2.20. The predicted molar refractivity (Wildman–Crippen MR) is 70.1 cm³/mol. The van der Waals surface area contributed by atoms with Crippen LogP contribution in [0, 0.1) is 5.92 Å². The highest BCUT2D eigenvalue weighted by molar-refractivity contribution is 5.73. The molecule has 0 rings (SSSR count). The van der Waals surface area contributed by atoms with Gasteiger partial charge in [-0.25, -0.2) is 0 Å². The van der Waals surface area contributed by atoms with Crippen LogP contribution in [0.15, 0.2) is 0 Å². The van der Waals surface area contributed by atoms with Crippen molar-refractivity contribution in [3.8, 4) is 0 Å². The number of hydrogen-bond donors (Lipinski definition) is 0. The molecule has 0 spiro atoms. The Labute approximate surface area is 110 Å². The van der Waals surface area contributed by atoms with E-state index in [9.17, 15) is 9.59 Å². The molecule has 0 aromatic heterocycles. The summed E-state index contributed by atoms with van der Waals surface area (Å²) < 4.78 is 10.2. The fraction of sp³-hybridized carbons (Fsp3) is 0.857. The van der Waals surface area contributed by atoms with Crippen molar-refractivity contribution in [1.29, 1.82) is 0 Å². The van der Waals surface area contributed by atoms with E-state index >= 15 is 0 Å². The number of carbonyl (C=O) groups is 2. The maximum atomic E-state index is 11.5. The lowest BCUT2D eigenvalue weighted by Crippen LogP contribution is -2.25. The van der Waals surface area contributed by atoms with Gasteiger partial charge >= 0.3 is 11.9 Å². The monoisotopic (exact) mass is 258 g/mol. The van der Waals surface area contributed by atoms with Crippen molar-refractivity contribution in [2.75, 3.05) is 6.61 Å². The Morgan fingerprint density at radius 2 is 1.67 bits per heavy atom. The highest BCUT2D eigenvalue weighted by Crippen LogP contribution is 2.14. The Morgan fingerprint density at radius 1 is 1.11 bits per heavy atom. The largest absolute Gasteiger partial charge is 0.466 e. The summed E-state index contributed by atoms with van der Waals surface area (Å²) in [6.45, 7) is 9.84. The van der Waals surface area contributed by atoms with Crippen LogP contribution in [0.1, 0.15) is 60.3 Å². The lowest BCUT2D eigenvalue weighted by atomic mass is 10.0. The standard InChI is InChI=1S/C14H26O4/c1-6-7-8-17-12(15)9-11(2)10-13(16)18-14(3,4)5/h11H,6-10H2,1-5H3. The third-order valence-corrected chi connectivity index (χ3v) is 2.21. The van der Waals surface area contributed by atoms with Crippen molar-refractivity contribution >= 4 is 11.9 Å². The average Bonchev–Trinajstić information content (AvgIpc) is 2.13. The lowest BCUT2D eigenvalue weighted by molar-refractivity contribution is -0.156. The minimum atomic E-state index is -0.474. The maximum Gasteiger partial charge on any atom is 0.306 e. The Kier molecular flexibility index (Phi) is 7.64. The third kappa shape index (κ3) is 10.1. The van der Waals surface area contributed by atoms with Gasteiger partial charge in [0.1, 0.15) is 5.60 Å². The van der Waals surface area contributed by atoms with Crippen LogP contribution < -0.4 is 0 Å². The fourth-order valence-electron chi connectivity index (χ4n) is 1.41. The molecule has 0 heterocycles. The van der Waals surface area contributed by atoms with Gasteiger partial charge in [-0.2, -0.15) is 0 Å². The van der Waals surface area contributed by atoms with Crippen molar-refractivity contribution in [1.82, 2.24) is 0 Å². The first-order chi connectivity index (χ1) is 8.24. The summed E-state index contributed by atoms with van der Waals surface area (Å²) in [6, 6.07) is 0. The summed E-state index contributed by atoms with van der Waals surface area (Å²) in [7, 11) is 0. The first-order valence-electron chi connectivity index (χ1n) is 6.62. The molecule has 0 aromatic carbocycles. The molecule has 1 atom stereocenters. The molecule has 0 aliphatic rings. The van der Waals surface area contributed by atoms with Gasteiger partial charge in [-0.3, -0.25) is 9.59 Å². The summed E-state index contributed by atoms with van der Waals surface area (Å²) in [4.78, 5) is 23.0. The molecule has 4 nitrogen and oxygen atoms in total. The zero-order chi connectivity index (χ0) is 14.2. The van der Waals surface area contributed by atoms with E-state index in [1.807, 2.05) is 34.6 Å². The number of unbranched alkanes of at least 4 members (excludes halogenated alkanes) is 1. The van der Waals surface area contributed by atoms with Crippen LogP contribution in [0.25, 0.3) is 0 Å². The topological polar surface area (TPSA) is 52.6 Å². The van der Waals surface area contributed by atoms with Crippen LogP contribution in [0.5, 0.6) is 0 Å². The fourth-order valence-corrected chi connectivity index (χ4v) is 1.41. The first-order valence-corrected chi connectivity index (χ1v) is 6.62. The number of rotatable bonds is 7. The lowest BCUT2D eigenvalue weighted by Gasteiger charge is -2.20. The molecular formula is C14H26O4. The molecule has 106 valence electrons. The summed E-state index contributed by atoms with van der Waals surface area (Å²) in [5, 5.41) is 0. The van der Waals surface area contributed by atoms with E-state index in [-0.39, 0.29) is 30.7 Å². The Bertz CT molecular complexity index is 265. The van der Waals surface area contributed by atoms with E-state index in [2.05, 4.69) is 0 Å². The van der Waals surface area contributed by atoms with Gasteiger partial charge in [0.2, 0.25) is 0 Å². The molecule has 0 bridgehead atoms. The highest BCUT2D eigenvalue weighted by atomic mass is 16.6. The SMILES string of the molecule is CCCCOC(=O)CC(C)CC(=O)OC(C)(C)C. The van der Waals surface area contributed by atoms with Crippen molar-refractivity contribution in [2.24, 2.45) is 5.92 Å². The molecule has 18 heavy (non-hydrogen) atoms.